The van der Waals surface area contributed by atoms with Gasteiger partial charge in [0.1, 0.15) is 6.04 Å². The van der Waals surface area contributed by atoms with E-state index in [4.69, 9.17) is 21.1 Å². The highest BCUT2D eigenvalue weighted by atomic mass is 35.5. The van der Waals surface area contributed by atoms with E-state index in [0.717, 1.165) is 25.0 Å². The van der Waals surface area contributed by atoms with Crippen molar-refractivity contribution >= 4 is 38.9 Å². The maximum absolute atomic E-state index is 13.8. The molecule has 2 aromatic carbocycles. The first-order valence-corrected chi connectivity index (χ1v) is 14.7. The van der Waals surface area contributed by atoms with Crippen LogP contribution in [0.25, 0.3) is 0 Å². The van der Waals surface area contributed by atoms with Gasteiger partial charge in [0.25, 0.3) is 0 Å². The van der Waals surface area contributed by atoms with E-state index in [9.17, 15) is 13.2 Å². The Morgan fingerprint density at radius 1 is 1.16 bits per heavy atom. The Labute approximate surface area is 226 Å². The molecule has 0 unspecified atom stereocenters. The molecule has 0 spiro atoms. The lowest BCUT2D eigenvalue weighted by atomic mass is 10.1. The number of nitrogens with one attached hydrogen (secondary N) is 1. The number of rotatable bonds is 10. The van der Waals surface area contributed by atoms with Gasteiger partial charge < -0.3 is 14.8 Å². The molecular formula is C26H30ClN3O5S2. The van der Waals surface area contributed by atoms with E-state index in [1.807, 2.05) is 12.4 Å². The van der Waals surface area contributed by atoms with Gasteiger partial charge in [0, 0.05) is 29.4 Å². The van der Waals surface area contributed by atoms with Gasteiger partial charge in [0.2, 0.25) is 15.9 Å². The van der Waals surface area contributed by atoms with Crippen LogP contribution in [0, 0.1) is 6.92 Å². The van der Waals surface area contributed by atoms with Crippen molar-refractivity contribution in [2.24, 2.45) is 0 Å². The number of carbonyl (C=O) groups is 1. The minimum atomic E-state index is -4.00. The molecule has 198 valence electrons. The van der Waals surface area contributed by atoms with E-state index in [0.29, 0.717) is 41.7 Å². The zero-order chi connectivity index (χ0) is 26.4. The molecule has 0 saturated carbocycles. The molecule has 4 rings (SSSR count). The molecule has 1 fully saturated rings. The molecule has 8 nitrogen and oxygen atoms in total. The third kappa shape index (κ3) is 6.62. The lowest BCUT2D eigenvalue weighted by Gasteiger charge is -2.29. The summed E-state index contributed by atoms with van der Waals surface area (Å²) in [5.74, 6) is 0.765. The smallest absolute Gasteiger partial charge is 0.244 e. The molecule has 0 bridgehead atoms. The quantitative estimate of drug-likeness (QED) is 0.387. The Balaban J connectivity index is 1.59. The maximum Gasteiger partial charge on any atom is 0.244 e. The topological polar surface area (TPSA) is 97.8 Å². The molecule has 3 aromatic rings. The van der Waals surface area contributed by atoms with Crippen LogP contribution in [-0.2, 0) is 27.8 Å². The van der Waals surface area contributed by atoms with E-state index >= 15 is 0 Å². The molecule has 11 heteroatoms. The highest BCUT2D eigenvalue weighted by Crippen LogP contribution is 2.31. The van der Waals surface area contributed by atoms with Crippen LogP contribution in [-0.4, -0.2) is 49.9 Å². The predicted molar refractivity (Wildman–Crippen MR) is 144 cm³/mol. The zero-order valence-electron chi connectivity index (χ0n) is 20.8. The van der Waals surface area contributed by atoms with Gasteiger partial charge in [-0.25, -0.2) is 13.4 Å². The Morgan fingerprint density at radius 2 is 1.95 bits per heavy atom. The second-order valence-corrected chi connectivity index (χ2v) is 12.0. The first kappa shape index (κ1) is 27.4. The average Bonchev–Trinajstić information content (AvgIpc) is 3.17. The molecule has 37 heavy (non-hydrogen) atoms. The van der Waals surface area contributed by atoms with Crippen LogP contribution in [0.4, 0.5) is 0 Å². The number of aryl methyl sites for hydroxylation is 1. The summed E-state index contributed by atoms with van der Waals surface area (Å²) in [5, 5.41) is 3.28. The number of nitrogens with zero attached hydrogens (tertiary/aromatic N) is 2. The van der Waals surface area contributed by atoms with Crippen LogP contribution in [0.15, 0.2) is 52.9 Å². The van der Waals surface area contributed by atoms with Gasteiger partial charge in [0.05, 0.1) is 29.8 Å². The number of hydrogen-bond acceptors (Lipinski definition) is 7. The SMILES string of the molecule is COc1cc(CN([C@@H]2CCCCNC2=O)S(=O)(=O)c2ccc(Cl)cc2)ccc1OCCc1scnc1C. The highest BCUT2D eigenvalue weighted by Gasteiger charge is 2.36. The summed E-state index contributed by atoms with van der Waals surface area (Å²) in [6.07, 6.45) is 2.71. The van der Waals surface area contributed by atoms with Crippen LogP contribution in [0.5, 0.6) is 11.5 Å². The molecule has 1 aliphatic rings. The maximum atomic E-state index is 13.8. The fourth-order valence-corrected chi connectivity index (χ4v) is 6.73. The number of methoxy groups -OCH3 is 1. The second kappa shape index (κ2) is 12.3. The fourth-order valence-electron chi connectivity index (χ4n) is 4.23. The molecular weight excluding hydrogens is 534 g/mol. The molecule has 1 N–H and O–H groups in total. The number of amides is 1. The van der Waals surface area contributed by atoms with Crippen LogP contribution < -0.4 is 14.8 Å². The van der Waals surface area contributed by atoms with Crippen molar-refractivity contribution in [3.63, 3.8) is 0 Å². The van der Waals surface area contributed by atoms with E-state index in [1.165, 1.54) is 33.4 Å². The monoisotopic (exact) mass is 563 g/mol. The fraction of sp³-hybridized carbons (Fsp3) is 0.385. The van der Waals surface area contributed by atoms with Gasteiger partial charge in [-0.15, -0.1) is 11.3 Å². The Morgan fingerprint density at radius 3 is 2.65 bits per heavy atom. The first-order valence-electron chi connectivity index (χ1n) is 12.0. The lowest BCUT2D eigenvalue weighted by molar-refractivity contribution is -0.124. The lowest BCUT2D eigenvalue weighted by Crippen LogP contribution is -2.48. The molecule has 2 heterocycles. The van der Waals surface area contributed by atoms with Crippen LogP contribution >= 0.6 is 22.9 Å². The van der Waals surface area contributed by atoms with Gasteiger partial charge in [-0.2, -0.15) is 4.31 Å². The van der Waals surface area contributed by atoms with E-state index in [-0.39, 0.29) is 17.3 Å². The normalized spacial score (nSPS) is 16.3. The van der Waals surface area contributed by atoms with Crippen LogP contribution in [0.3, 0.4) is 0 Å². The third-order valence-corrected chi connectivity index (χ3v) is 9.39. The van der Waals surface area contributed by atoms with Gasteiger partial charge >= 0.3 is 0 Å². The number of ether oxygens (including phenoxy) is 2. The molecule has 1 amide bonds. The van der Waals surface area contributed by atoms with Gasteiger partial charge in [-0.1, -0.05) is 17.7 Å². The number of thiazole rings is 1. The standard InChI is InChI=1S/C26H30ClN3O5S2/c1-18-25(36-17-29-18)12-14-35-23-11-6-19(15-24(23)34-2)16-30(22-5-3-4-13-28-26(22)31)37(32,33)21-9-7-20(27)8-10-21/h6-11,15,17,22H,3-5,12-14,16H2,1-2H3,(H,28,31)/t22-/m1/s1. The van der Waals surface area contributed by atoms with E-state index < -0.39 is 16.1 Å². The van der Waals surface area contributed by atoms with Gasteiger partial charge in [-0.05, 0) is 68.1 Å². The minimum Gasteiger partial charge on any atom is -0.493 e. The first-order chi connectivity index (χ1) is 17.8. The van der Waals surface area contributed by atoms with Gasteiger partial charge in [-0.3, -0.25) is 4.79 Å². The summed E-state index contributed by atoms with van der Waals surface area (Å²) >= 11 is 7.58. The minimum absolute atomic E-state index is 0.000252. The summed E-state index contributed by atoms with van der Waals surface area (Å²) < 4.78 is 40.3. The van der Waals surface area contributed by atoms with E-state index in [1.54, 1.807) is 36.6 Å². The van der Waals surface area contributed by atoms with Crippen molar-refractivity contribution in [3.05, 3.63) is 69.1 Å². The Kier molecular flexibility index (Phi) is 9.07. The molecule has 1 atom stereocenters. The number of aromatic nitrogens is 1. The predicted octanol–water partition coefficient (Wildman–Crippen LogP) is 4.59. The van der Waals surface area contributed by atoms with Crippen LogP contribution in [0.2, 0.25) is 5.02 Å². The summed E-state index contributed by atoms with van der Waals surface area (Å²) in [6, 6.07) is 10.5. The summed E-state index contributed by atoms with van der Waals surface area (Å²) in [6.45, 7) is 2.96. The third-order valence-electron chi connectivity index (χ3n) is 6.27. The average molecular weight is 564 g/mol. The number of benzene rings is 2. The molecule has 0 aliphatic carbocycles. The van der Waals surface area contributed by atoms with Crippen molar-refractivity contribution in [2.45, 2.75) is 50.1 Å². The highest BCUT2D eigenvalue weighted by molar-refractivity contribution is 7.89. The molecule has 1 aliphatic heterocycles. The van der Waals surface area contributed by atoms with Crippen molar-refractivity contribution in [1.29, 1.82) is 0 Å². The van der Waals surface area contributed by atoms with Crippen LogP contribution in [0.1, 0.15) is 35.4 Å². The summed E-state index contributed by atoms with van der Waals surface area (Å²) in [5.41, 5.74) is 3.50. The Bertz CT molecular complexity index is 1330. The van der Waals surface area contributed by atoms with Gasteiger partial charge in [0.15, 0.2) is 11.5 Å². The Hall–Kier alpha value is -2.66. The van der Waals surface area contributed by atoms with E-state index in [2.05, 4.69) is 10.3 Å². The van der Waals surface area contributed by atoms with Crippen molar-refractivity contribution in [3.8, 4) is 11.5 Å². The number of carbonyl (C=O) groups excluding carboxylic acids is 1. The van der Waals surface area contributed by atoms with Crippen molar-refractivity contribution < 1.29 is 22.7 Å². The second-order valence-electron chi connectivity index (χ2n) is 8.75. The van der Waals surface area contributed by atoms with Crippen molar-refractivity contribution in [1.82, 2.24) is 14.6 Å². The molecule has 0 radical (unpaired) electrons. The zero-order valence-corrected chi connectivity index (χ0v) is 23.2. The number of hydrogen-bond donors (Lipinski definition) is 1. The molecule has 1 saturated heterocycles. The van der Waals surface area contributed by atoms with Crippen molar-refractivity contribution in [2.75, 3.05) is 20.3 Å². The number of sulfonamides is 1. The molecule has 1 aromatic heterocycles. The number of halogens is 1. The summed E-state index contributed by atoms with van der Waals surface area (Å²) in [4.78, 5) is 18.4. The summed E-state index contributed by atoms with van der Waals surface area (Å²) in [7, 11) is -2.46. The largest absolute Gasteiger partial charge is 0.493 e.